The molecule has 1 fully saturated rings. The molecule has 0 unspecified atom stereocenters. The van der Waals surface area contributed by atoms with Gasteiger partial charge in [0.1, 0.15) is 16.4 Å². The third-order valence-electron chi connectivity index (χ3n) is 5.04. The third-order valence-corrected chi connectivity index (χ3v) is 6.61. The number of carbonyl (C=O) groups excluding carboxylic acids is 1. The molecule has 8 nitrogen and oxygen atoms in total. The number of amides is 1. The van der Waals surface area contributed by atoms with Gasteiger partial charge in [-0.25, -0.2) is 13.1 Å². The maximum Gasteiger partial charge on any atom is 0.254 e. The zero-order valence-corrected chi connectivity index (χ0v) is 18.2. The Labute approximate surface area is 177 Å². The number of ether oxygens (including phenoxy) is 2. The van der Waals surface area contributed by atoms with Gasteiger partial charge in [-0.3, -0.25) is 4.79 Å². The van der Waals surface area contributed by atoms with Gasteiger partial charge in [-0.1, -0.05) is 6.92 Å². The standard InChI is InChI=1S/C21H27N3O5S/c1-4-22-30(26,27)20-15-16(5-10-19(20)29-3)21(25)24-13-11-23(12-14-24)17-6-8-18(28-2)9-7-17/h5-10,15,22H,4,11-14H2,1-3H3. The Morgan fingerprint density at radius 3 is 2.23 bits per heavy atom. The highest BCUT2D eigenvalue weighted by molar-refractivity contribution is 7.89. The molecule has 0 saturated carbocycles. The van der Waals surface area contributed by atoms with Gasteiger partial charge in [0.15, 0.2) is 0 Å². The molecule has 0 spiro atoms. The number of sulfonamides is 1. The number of hydrogen-bond acceptors (Lipinski definition) is 6. The van der Waals surface area contributed by atoms with Crippen LogP contribution < -0.4 is 19.1 Å². The summed E-state index contributed by atoms with van der Waals surface area (Å²) in [6.45, 7) is 4.42. The number of anilines is 1. The normalized spacial score (nSPS) is 14.5. The molecule has 2 aromatic carbocycles. The molecule has 1 amide bonds. The fourth-order valence-electron chi connectivity index (χ4n) is 3.43. The van der Waals surface area contributed by atoms with Crippen LogP contribution in [0.1, 0.15) is 17.3 Å². The SMILES string of the molecule is CCNS(=O)(=O)c1cc(C(=O)N2CCN(c3ccc(OC)cc3)CC2)ccc1OC. The molecule has 162 valence electrons. The molecule has 9 heteroatoms. The Morgan fingerprint density at radius 1 is 1.00 bits per heavy atom. The second kappa shape index (κ2) is 9.36. The molecule has 3 rings (SSSR count). The number of piperazine rings is 1. The van der Waals surface area contributed by atoms with Crippen LogP contribution in [0.3, 0.4) is 0 Å². The molecule has 1 heterocycles. The molecule has 0 aliphatic carbocycles. The van der Waals surface area contributed by atoms with Gasteiger partial charge in [0.25, 0.3) is 5.91 Å². The summed E-state index contributed by atoms with van der Waals surface area (Å²) in [6, 6.07) is 12.3. The minimum Gasteiger partial charge on any atom is -0.497 e. The first-order valence-electron chi connectivity index (χ1n) is 9.75. The number of carbonyl (C=O) groups is 1. The van der Waals surface area contributed by atoms with Crippen molar-refractivity contribution in [3.8, 4) is 11.5 Å². The molecular formula is C21H27N3O5S. The Kier molecular flexibility index (Phi) is 6.84. The van der Waals surface area contributed by atoms with Gasteiger partial charge in [0, 0.05) is 44.0 Å². The number of hydrogen-bond donors (Lipinski definition) is 1. The van der Waals surface area contributed by atoms with Gasteiger partial charge in [-0.05, 0) is 42.5 Å². The van der Waals surface area contributed by atoms with E-state index >= 15 is 0 Å². The van der Waals surface area contributed by atoms with Crippen LogP contribution in [-0.4, -0.2) is 66.2 Å². The summed E-state index contributed by atoms with van der Waals surface area (Å²) < 4.78 is 37.8. The molecule has 0 bridgehead atoms. The van der Waals surface area contributed by atoms with Crippen LogP contribution in [0, 0.1) is 0 Å². The fraction of sp³-hybridized carbons (Fsp3) is 0.381. The number of nitrogens with zero attached hydrogens (tertiary/aromatic N) is 2. The van der Waals surface area contributed by atoms with E-state index in [4.69, 9.17) is 9.47 Å². The van der Waals surface area contributed by atoms with Crippen molar-refractivity contribution in [2.75, 3.05) is 51.8 Å². The van der Waals surface area contributed by atoms with E-state index in [1.807, 2.05) is 24.3 Å². The van der Waals surface area contributed by atoms with Crippen molar-refractivity contribution in [3.05, 3.63) is 48.0 Å². The summed E-state index contributed by atoms with van der Waals surface area (Å²) in [6.07, 6.45) is 0. The number of rotatable bonds is 7. The minimum atomic E-state index is -3.75. The zero-order valence-electron chi connectivity index (χ0n) is 17.4. The van der Waals surface area contributed by atoms with Crippen LogP contribution in [0.2, 0.25) is 0 Å². The van der Waals surface area contributed by atoms with Crippen molar-refractivity contribution in [2.45, 2.75) is 11.8 Å². The lowest BCUT2D eigenvalue weighted by Crippen LogP contribution is -2.48. The Morgan fingerprint density at radius 2 is 1.67 bits per heavy atom. The average molecular weight is 434 g/mol. The molecule has 0 aromatic heterocycles. The monoisotopic (exact) mass is 433 g/mol. The molecule has 0 radical (unpaired) electrons. The van der Waals surface area contributed by atoms with Gasteiger partial charge in [-0.2, -0.15) is 0 Å². The second-order valence-electron chi connectivity index (χ2n) is 6.84. The van der Waals surface area contributed by atoms with E-state index < -0.39 is 10.0 Å². The van der Waals surface area contributed by atoms with Crippen molar-refractivity contribution in [3.63, 3.8) is 0 Å². The van der Waals surface area contributed by atoms with Gasteiger partial charge in [-0.15, -0.1) is 0 Å². The van der Waals surface area contributed by atoms with E-state index in [0.717, 1.165) is 11.4 Å². The topological polar surface area (TPSA) is 88.2 Å². The maximum atomic E-state index is 13.0. The number of nitrogens with one attached hydrogen (secondary N) is 1. The summed E-state index contributed by atoms with van der Waals surface area (Å²) in [5.41, 5.74) is 1.40. The summed E-state index contributed by atoms with van der Waals surface area (Å²) in [5, 5.41) is 0. The van der Waals surface area contributed by atoms with Crippen molar-refractivity contribution in [2.24, 2.45) is 0 Å². The number of methoxy groups -OCH3 is 2. The molecule has 1 N–H and O–H groups in total. The van der Waals surface area contributed by atoms with Crippen LogP contribution in [0.25, 0.3) is 0 Å². The largest absolute Gasteiger partial charge is 0.497 e. The molecule has 1 saturated heterocycles. The zero-order chi connectivity index (χ0) is 21.7. The smallest absolute Gasteiger partial charge is 0.254 e. The van der Waals surface area contributed by atoms with Crippen molar-refractivity contribution in [1.29, 1.82) is 0 Å². The van der Waals surface area contributed by atoms with Crippen molar-refractivity contribution in [1.82, 2.24) is 9.62 Å². The first-order valence-corrected chi connectivity index (χ1v) is 11.2. The molecule has 2 aromatic rings. The summed E-state index contributed by atoms with van der Waals surface area (Å²) >= 11 is 0. The summed E-state index contributed by atoms with van der Waals surface area (Å²) in [5.74, 6) is 0.812. The third kappa shape index (κ3) is 4.68. The van der Waals surface area contributed by atoms with Crippen LogP contribution >= 0.6 is 0 Å². The molecule has 1 aliphatic heterocycles. The Hall–Kier alpha value is -2.78. The molecule has 0 atom stereocenters. The summed E-state index contributed by atoms with van der Waals surface area (Å²) in [4.78, 5) is 16.9. The molecule has 30 heavy (non-hydrogen) atoms. The quantitative estimate of drug-likeness (QED) is 0.718. The van der Waals surface area contributed by atoms with Crippen molar-refractivity contribution < 1.29 is 22.7 Å². The van der Waals surface area contributed by atoms with Crippen LogP contribution in [0.5, 0.6) is 11.5 Å². The van der Waals surface area contributed by atoms with Gasteiger partial charge < -0.3 is 19.3 Å². The van der Waals surface area contributed by atoms with Crippen LogP contribution in [0.15, 0.2) is 47.4 Å². The first-order chi connectivity index (χ1) is 14.4. The minimum absolute atomic E-state index is 0.0328. The van der Waals surface area contributed by atoms with E-state index in [-0.39, 0.29) is 23.1 Å². The Bertz CT molecular complexity index is 984. The van der Waals surface area contributed by atoms with Gasteiger partial charge in [0.05, 0.1) is 14.2 Å². The van der Waals surface area contributed by atoms with E-state index in [1.54, 1.807) is 25.0 Å². The lowest BCUT2D eigenvalue weighted by molar-refractivity contribution is 0.0746. The average Bonchev–Trinajstić information content (AvgIpc) is 2.78. The highest BCUT2D eigenvalue weighted by Crippen LogP contribution is 2.26. The van der Waals surface area contributed by atoms with Crippen LogP contribution in [0.4, 0.5) is 5.69 Å². The highest BCUT2D eigenvalue weighted by Gasteiger charge is 2.25. The van der Waals surface area contributed by atoms with E-state index in [1.165, 1.54) is 19.2 Å². The van der Waals surface area contributed by atoms with E-state index in [9.17, 15) is 13.2 Å². The first kappa shape index (κ1) is 21.9. The number of benzene rings is 2. The summed E-state index contributed by atoms with van der Waals surface area (Å²) in [7, 11) is -0.719. The second-order valence-corrected chi connectivity index (χ2v) is 8.58. The van der Waals surface area contributed by atoms with Gasteiger partial charge >= 0.3 is 0 Å². The molecular weight excluding hydrogens is 406 g/mol. The van der Waals surface area contributed by atoms with Gasteiger partial charge in [0.2, 0.25) is 10.0 Å². The maximum absolute atomic E-state index is 13.0. The predicted octanol–water partition coefficient (Wildman–Crippen LogP) is 1.96. The predicted molar refractivity (Wildman–Crippen MR) is 115 cm³/mol. The lowest BCUT2D eigenvalue weighted by atomic mass is 10.1. The molecule has 1 aliphatic rings. The highest BCUT2D eigenvalue weighted by atomic mass is 32.2. The van der Waals surface area contributed by atoms with Crippen molar-refractivity contribution >= 4 is 21.6 Å². The van der Waals surface area contributed by atoms with E-state index in [2.05, 4.69) is 9.62 Å². The van der Waals surface area contributed by atoms with Crippen LogP contribution in [-0.2, 0) is 10.0 Å². The Balaban J connectivity index is 1.73. The fourth-order valence-corrected chi connectivity index (χ4v) is 4.66. The lowest BCUT2D eigenvalue weighted by Gasteiger charge is -2.36. The van der Waals surface area contributed by atoms with E-state index in [0.29, 0.717) is 31.7 Å².